The van der Waals surface area contributed by atoms with Crippen molar-refractivity contribution in [3.8, 4) is 0 Å². The van der Waals surface area contributed by atoms with Gasteiger partial charge in [-0.1, -0.05) is 12.8 Å². The molecule has 0 spiro atoms. The predicted octanol–water partition coefficient (Wildman–Crippen LogP) is 1.08. The Morgan fingerprint density at radius 3 is 2.38 bits per heavy atom. The van der Waals surface area contributed by atoms with E-state index in [1.165, 1.54) is 0 Å². The Kier molecular flexibility index (Phi) is 6.91. The van der Waals surface area contributed by atoms with Gasteiger partial charge in [0.25, 0.3) is 0 Å². The number of hydrogen-bond donors (Lipinski definition) is 2. The fourth-order valence-electron chi connectivity index (χ4n) is 2.69. The highest BCUT2D eigenvalue weighted by atomic mass is 16.5. The van der Waals surface area contributed by atoms with Crippen LogP contribution in [0.25, 0.3) is 0 Å². The lowest BCUT2D eigenvalue weighted by molar-refractivity contribution is -0.144. The topological polar surface area (TPSA) is 88.1 Å². The number of carboxylic acid groups (broad SMARTS) is 1. The summed E-state index contributed by atoms with van der Waals surface area (Å²) in [6.07, 6.45) is 2.59. The number of rotatable bonds is 8. The third-order valence-electron chi connectivity index (χ3n) is 3.95. The first-order valence-electron chi connectivity index (χ1n) is 7.27. The highest BCUT2D eigenvalue weighted by Crippen LogP contribution is 2.30. The van der Waals surface area contributed by atoms with E-state index < -0.39 is 11.5 Å². The van der Waals surface area contributed by atoms with Crippen molar-refractivity contribution in [1.82, 2.24) is 10.2 Å². The SMILES string of the molecule is COCCN(C(=O)NC1(C(=O)O)CCCC1)C(C)COC. The minimum absolute atomic E-state index is 0.155. The number of amides is 2. The average Bonchev–Trinajstić information content (AvgIpc) is 2.89. The Labute approximate surface area is 125 Å². The van der Waals surface area contributed by atoms with Gasteiger partial charge in [0.05, 0.1) is 19.3 Å². The smallest absolute Gasteiger partial charge is 0.329 e. The van der Waals surface area contributed by atoms with Crippen LogP contribution in [0.4, 0.5) is 4.79 Å². The Morgan fingerprint density at radius 1 is 1.29 bits per heavy atom. The Balaban J connectivity index is 2.76. The van der Waals surface area contributed by atoms with E-state index in [1.54, 1.807) is 19.1 Å². The van der Waals surface area contributed by atoms with E-state index in [1.807, 2.05) is 6.92 Å². The molecule has 0 radical (unpaired) electrons. The van der Waals surface area contributed by atoms with Crippen molar-refractivity contribution in [2.45, 2.75) is 44.2 Å². The lowest BCUT2D eigenvalue weighted by Crippen LogP contribution is -2.58. The molecule has 2 amide bonds. The second-order valence-electron chi connectivity index (χ2n) is 5.52. The molecule has 0 bridgehead atoms. The summed E-state index contributed by atoms with van der Waals surface area (Å²) in [7, 11) is 3.13. The second-order valence-corrected chi connectivity index (χ2v) is 5.52. The zero-order valence-corrected chi connectivity index (χ0v) is 13.1. The number of nitrogens with one attached hydrogen (secondary N) is 1. The Hall–Kier alpha value is -1.34. The van der Waals surface area contributed by atoms with Crippen molar-refractivity contribution in [1.29, 1.82) is 0 Å². The van der Waals surface area contributed by atoms with Crippen LogP contribution in [0.15, 0.2) is 0 Å². The molecule has 1 aliphatic rings. The molecule has 122 valence electrons. The molecule has 0 aliphatic heterocycles. The van der Waals surface area contributed by atoms with Crippen molar-refractivity contribution in [3.63, 3.8) is 0 Å². The molecule has 0 aromatic rings. The van der Waals surface area contributed by atoms with Crippen LogP contribution in [-0.4, -0.2) is 67.6 Å². The molecular formula is C14H26N2O5. The third-order valence-corrected chi connectivity index (χ3v) is 3.95. The van der Waals surface area contributed by atoms with E-state index in [9.17, 15) is 14.7 Å². The van der Waals surface area contributed by atoms with Crippen molar-refractivity contribution >= 4 is 12.0 Å². The predicted molar refractivity (Wildman–Crippen MR) is 77.3 cm³/mol. The molecule has 0 saturated heterocycles. The molecule has 1 aliphatic carbocycles. The van der Waals surface area contributed by atoms with E-state index in [2.05, 4.69) is 5.32 Å². The highest BCUT2D eigenvalue weighted by molar-refractivity contribution is 5.86. The van der Waals surface area contributed by atoms with Crippen molar-refractivity contribution in [3.05, 3.63) is 0 Å². The zero-order chi connectivity index (χ0) is 15.9. The van der Waals surface area contributed by atoms with Crippen LogP contribution in [0.3, 0.4) is 0 Å². The molecule has 7 heteroatoms. The molecule has 1 unspecified atom stereocenters. The minimum atomic E-state index is -1.13. The molecular weight excluding hydrogens is 276 g/mol. The number of carboxylic acids is 1. The maximum atomic E-state index is 12.5. The van der Waals surface area contributed by atoms with E-state index in [0.29, 0.717) is 32.6 Å². The monoisotopic (exact) mass is 302 g/mol. The van der Waals surface area contributed by atoms with Crippen molar-refractivity contribution in [2.75, 3.05) is 34.0 Å². The highest BCUT2D eigenvalue weighted by Gasteiger charge is 2.43. The number of carbonyl (C=O) groups is 2. The van der Waals surface area contributed by atoms with Gasteiger partial charge in [-0.25, -0.2) is 9.59 Å². The molecule has 0 heterocycles. The molecule has 1 fully saturated rings. The Morgan fingerprint density at radius 2 is 1.90 bits per heavy atom. The molecule has 1 atom stereocenters. The number of methoxy groups -OCH3 is 2. The van der Waals surface area contributed by atoms with Gasteiger partial charge in [0.15, 0.2) is 0 Å². The number of urea groups is 1. The van der Waals surface area contributed by atoms with Gasteiger partial charge in [0.1, 0.15) is 5.54 Å². The lowest BCUT2D eigenvalue weighted by atomic mass is 9.98. The molecule has 1 rings (SSSR count). The summed E-state index contributed by atoms with van der Waals surface area (Å²) < 4.78 is 10.1. The van der Waals surface area contributed by atoms with Gasteiger partial charge in [0, 0.05) is 20.8 Å². The average molecular weight is 302 g/mol. The van der Waals surface area contributed by atoms with Crippen LogP contribution in [0, 0.1) is 0 Å². The summed E-state index contributed by atoms with van der Waals surface area (Å²) >= 11 is 0. The van der Waals surface area contributed by atoms with Gasteiger partial charge in [-0.05, 0) is 19.8 Å². The zero-order valence-electron chi connectivity index (χ0n) is 13.1. The van der Waals surface area contributed by atoms with Gasteiger partial charge < -0.3 is 24.8 Å². The number of carbonyl (C=O) groups excluding carboxylic acids is 1. The van der Waals surface area contributed by atoms with Crippen LogP contribution in [0.1, 0.15) is 32.6 Å². The van der Waals surface area contributed by atoms with Crippen LogP contribution in [0.2, 0.25) is 0 Å². The van der Waals surface area contributed by atoms with E-state index in [0.717, 1.165) is 12.8 Å². The van der Waals surface area contributed by atoms with Gasteiger partial charge in [-0.3, -0.25) is 0 Å². The number of aliphatic carboxylic acids is 1. The first kappa shape index (κ1) is 17.7. The van der Waals surface area contributed by atoms with E-state index >= 15 is 0 Å². The largest absolute Gasteiger partial charge is 0.480 e. The van der Waals surface area contributed by atoms with Crippen LogP contribution in [0.5, 0.6) is 0 Å². The maximum Gasteiger partial charge on any atom is 0.329 e. The van der Waals surface area contributed by atoms with Gasteiger partial charge >= 0.3 is 12.0 Å². The second kappa shape index (κ2) is 8.19. The van der Waals surface area contributed by atoms with Crippen LogP contribution >= 0.6 is 0 Å². The molecule has 2 N–H and O–H groups in total. The number of ether oxygens (including phenoxy) is 2. The minimum Gasteiger partial charge on any atom is -0.480 e. The Bertz CT molecular complexity index is 355. The van der Waals surface area contributed by atoms with Crippen molar-refractivity contribution in [2.24, 2.45) is 0 Å². The summed E-state index contributed by atoms with van der Waals surface area (Å²) in [5.41, 5.74) is -1.13. The normalized spacial score (nSPS) is 18.2. The molecule has 0 aromatic carbocycles. The lowest BCUT2D eigenvalue weighted by Gasteiger charge is -2.33. The third kappa shape index (κ3) is 4.57. The summed E-state index contributed by atoms with van der Waals surface area (Å²) in [6, 6.07) is -0.529. The number of nitrogens with zero attached hydrogens (tertiary/aromatic N) is 1. The van der Waals surface area contributed by atoms with Gasteiger partial charge in [-0.2, -0.15) is 0 Å². The quantitative estimate of drug-likeness (QED) is 0.700. The van der Waals surface area contributed by atoms with E-state index in [-0.39, 0.29) is 12.1 Å². The molecule has 7 nitrogen and oxygen atoms in total. The first-order valence-corrected chi connectivity index (χ1v) is 7.27. The van der Waals surface area contributed by atoms with Crippen LogP contribution < -0.4 is 5.32 Å². The summed E-state index contributed by atoms with van der Waals surface area (Å²) in [6.45, 7) is 3.03. The maximum absolute atomic E-state index is 12.5. The summed E-state index contributed by atoms with van der Waals surface area (Å²) in [4.78, 5) is 25.5. The number of hydrogen-bond acceptors (Lipinski definition) is 4. The summed E-state index contributed by atoms with van der Waals surface area (Å²) in [5.74, 6) is -0.959. The standard InChI is InChI=1S/C14H26N2O5/c1-11(10-21-3)16(8-9-20-2)13(19)15-14(12(17)18)6-4-5-7-14/h11H,4-10H2,1-3H3,(H,15,19)(H,17,18). The molecule has 0 aromatic heterocycles. The fourth-order valence-corrected chi connectivity index (χ4v) is 2.69. The van der Waals surface area contributed by atoms with Gasteiger partial charge in [0.2, 0.25) is 0 Å². The molecule has 21 heavy (non-hydrogen) atoms. The van der Waals surface area contributed by atoms with Crippen LogP contribution in [-0.2, 0) is 14.3 Å². The molecule has 1 saturated carbocycles. The van der Waals surface area contributed by atoms with Gasteiger partial charge in [-0.15, -0.1) is 0 Å². The van der Waals surface area contributed by atoms with Crippen molar-refractivity contribution < 1.29 is 24.2 Å². The fraction of sp³-hybridized carbons (Fsp3) is 0.857. The van der Waals surface area contributed by atoms with E-state index in [4.69, 9.17) is 9.47 Å². The summed E-state index contributed by atoms with van der Waals surface area (Å²) in [5, 5.41) is 12.1. The first-order chi connectivity index (χ1) is 9.96.